The maximum Gasteiger partial charge on any atom is 0.102 e. The van der Waals surface area contributed by atoms with E-state index < -0.39 is 0 Å². The van der Waals surface area contributed by atoms with Crippen molar-refractivity contribution in [3.63, 3.8) is 0 Å². The smallest absolute Gasteiger partial charge is 0.102 e. The van der Waals surface area contributed by atoms with Crippen LogP contribution in [0.25, 0.3) is 0 Å². The summed E-state index contributed by atoms with van der Waals surface area (Å²) in [4.78, 5) is 2.45. The molecule has 104 valence electrons. The maximum atomic E-state index is 9.66. The zero-order valence-corrected chi connectivity index (χ0v) is 11.9. The van der Waals surface area contributed by atoms with Gasteiger partial charge in [-0.1, -0.05) is 6.07 Å². The first-order valence-electron chi connectivity index (χ1n) is 7.91. The van der Waals surface area contributed by atoms with Crippen LogP contribution >= 0.6 is 0 Å². The summed E-state index contributed by atoms with van der Waals surface area (Å²) in [5, 5.41) is 13.3. The molecule has 1 aliphatic carbocycles. The number of nitriles is 1. The van der Waals surface area contributed by atoms with E-state index in [0.29, 0.717) is 12.1 Å². The van der Waals surface area contributed by atoms with Crippen molar-refractivity contribution >= 4 is 5.69 Å². The predicted molar refractivity (Wildman–Crippen MR) is 80.0 cm³/mol. The van der Waals surface area contributed by atoms with Crippen molar-refractivity contribution in [2.45, 2.75) is 50.6 Å². The average molecular weight is 267 g/mol. The molecule has 2 atom stereocenters. The minimum Gasteiger partial charge on any atom is -0.367 e. The number of hydrogen-bond acceptors (Lipinski definition) is 3. The highest BCUT2D eigenvalue weighted by atomic mass is 15.2. The predicted octanol–water partition coefficient (Wildman–Crippen LogP) is 2.38. The van der Waals surface area contributed by atoms with Crippen molar-refractivity contribution in [2.75, 3.05) is 18.0 Å². The van der Waals surface area contributed by atoms with Gasteiger partial charge >= 0.3 is 0 Å². The van der Waals surface area contributed by atoms with E-state index in [1.807, 2.05) is 0 Å². The Morgan fingerprint density at radius 1 is 1.10 bits per heavy atom. The van der Waals surface area contributed by atoms with E-state index in [2.05, 4.69) is 28.4 Å². The first-order valence-corrected chi connectivity index (χ1v) is 7.91. The molecule has 0 aromatic heterocycles. The standard InChI is InChI=1S/C17H21N3/c18-9-16-15-4-2-1-3-12(15)5-8-17(16)20-10-13-6-7-14(11-20)19-13/h5,8,13-14,19H,1-4,6-7,10-11H2. The second kappa shape index (κ2) is 4.79. The number of rotatable bonds is 1. The molecule has 1 aromatic carbocycles. The van der Waals surface area contributed by atoms with Crippen LogP contribution in [0, 0.1) is 11.3 Å². The van der Waals surface area contributed by atoms with Gasteiger partial charge in [-0.3, -0.25) is 0 Å². The summed E-state index contributed by atoms with van der Waals surface area (Å²) in [5.74, 6) is 0. The molecule has 2 heterocycles. The summed E-state index contributed by atoms with van der Waals surface area (Å²) in [6, 6.07) is 8.23. The lowest BCUT2D eigenvalue weighted by Crippen LogP contribution is -2.51. The largest absolute Gasteiger partial charge is 0.367 e. The van der Waals surface area contributed by atoms with Gasteiger partial charge in [0, 0.05) is 25.2 Å². The number of nitrogens with one attached hydrogen (secondary N) is 1. The normalized spacial score (nSPS) is 28.1. The number of piperazine rings is 1. The van der Waals surface area contributed by atoms with E-state index in [1.54, 1.807) is 0 Å². The Balaban J connectivity index is 1.73. The average Bonchev–Trinajstić information content (AvgIpc) is 2.84. The molecule has 3 nitrogen and oxygen atoms in total. The fourth-order valence-electron chi connectivity index (χ4n) is 4.20. The molecule has 0 spiro atoms. The van der Waals surface area contributed by atoms with Crippen molar-refractivity contribution in [2.24, 2.45) is 0 Å². The lowest BCUT2D eigenvalue weighted by molar-refractivity contribution is 0.465. The molecular weight excluding hydrogens is 246 g/mol. The number of fused-ring (bicyclic) bond motifs is 3. The molecule has 3 heteroatoms. The topological polar surface area (TPSA) is 39.1 Å². The summed E-state index contributed by atoms with van der Waals surface area (Å²) in [5.41, 5.74) is 4.90. The number of aryl methyl sites for hydroxylation is 1. The van der Waals surface area contributed by atoms with Crippen LogP contribution in [0.15, 0.2) is 12.1 Å². The van der Waals surface area contributed by atoms with Crippen LogP contribution in [0.3, 0.4) is 0 Å². The van der Waals surface area contributed by atoms with Crippen molar-refractivity contribution < 1.29 is 0 Å². The highest BCUT2D eigenvalue weighted by molar-refractivity contribution is 5.65. The van der Waals surface area contributed by atoms with E-state index in [-0.39, 0.29) is 0 Å². The van der Waals surface area contributed by atoms with Gasteiger partial charge < -0.3 is 10.2 Å². The van der Waals surface area contributed by atoms with Crippen LogP contribution < -0.4 is 10.2 Å². The van der Waals surface area contributed by atoms with Crippen LogP contribution in [0.5, 0.6) is 0 Å². The Morgan fingerprint density at radius 2 is 1.85 bits per heavy atom. The van der Waals surface area contributed by atoms with Gasteiger partial charge in [-0.05, 0) is 55.7 Å². The summed E-state index contributed by atoms with van der Waals surface area (Å²) in [7, 11) is 0. The molecule has 2 aliphatic heterocycles. The van der Waals surface area contributed by atoms with Gasteiger partial charge in [-0.2, -0.15) is 5.26 Å². The molecular formula is C17H21N3. The molecule has 4 rings (SSSR count). The van der Waals surface area contributed by atoms with Crippen LogP contribution in [0.4, 0.5) is 5.69 Å². The van der Waals surface area contributed by atoms with Gasteiger partial charge in [0.25, 0.3) is 0 Å². The lowest BCUT2D eigenvalue weighted by atomic mass is 9.87. The molecule has 2 bridgehead atoms. The SMILES string of the molecule is N#Cc1c(N2CC3CCC(C2)N3)ccc2c1CCCC2. The van der Waals surface area contributed by atoms with Gasteiger partial charge in [0.05, 0.1) is 11.3 Å². The van der Waals surface area contributed by atoms with E-state index in [0.717, 1.165) is 31.5 Å². The summed E-state index contributed by atoms with van der Waals surface area (Å²) in [6.07, 6.45) is 7.32. The van der Waals surface area contributed by atoms with E-state index in [1.165, 1.54) is 42.5 Å². The maximum absolute atomic E-state index is 9.66. The number of anilines is 1. The molecule has 1 N–H and O–H groups in total. The zero-order chi connectivity index (χ0) is 13.5. The summed E-state index contributed by atoms with van der Waals surface area (Å²) >= 11 is 0. The second-order valence-electron chi connectivity index (χ2n) is 6.46. The van der Waals surface area contributed by atoms with Crippen molar-refractivity contribution in [1.29, 1.82) is 5.26 Å². The molecule has 2 unspecified atom stereocenters. The molecule has 2 fully saturated rings. The Bertz CT molecular complexity index is 560. The third kappa shape index (κ3) is 1.91. The highest BCUT2D eigenvalue weighted by Crippen LogP contribution is 2.33. The van der Waals surface area contributed by atoms with Crippen molar-refractivity contribution in [3.8, 4) is 6.07 Å². The van der Waals surface area contributed by atoms with Crippen molar-refractivity contribution in [1.82, 2.24) is 5.32 Å². The van der Waals surface area contributed by atoms with Gasteiger partial charge in [0.2, 0.25) is 0 Å². The lowest BCUT2D eigenvalue weighted by Gasteiger charge is -2.36. The number of hydrogen-bond donors (Lipinski definition) is 1. The van der Waals surface area contributed by atoms with E-state index in [9.17, 15) is 5.26 Å². The monoisotopic (exact) mass is 267 g/mol. The number of benzene rings is 1. The summed E-state index contributed by atoms with van der Waals surface area (Å²) < 4.78 is 0. The van der Waals surface area contributed by atoms with E-state index in [4.69, 9.17) is 0 Å². The Morgan fingerprint density at radius 3 is 2.60 bits per heavy atom. The van der Waals surface area contributed by atoms with Crippen molar-refractivity contribution in [3.05, 3.63) is 28.8 Å². The molecule has 20 heavy (non-hydrogen) atoms. The first-order chi connectivity index (χ1) is 9.85. The molecule has 2 saturated heterocycles. The van der Waals surface area contributed by atoms with Crippen LogP contribution in [-0.4, -0.2) is 25.2 Å². The van der Waals surface area contributed by atoms with E-state index >= 15 is 0 Å². The molecule has 0 radical (unpaired) electrons. The summed E-state index contributed by atoms with van der Waals surface area (Å²) in [6.45, 7) is 2.12. The zero-order valence-electron chi connectivity index (χ0n) is 11.9. The third-order valence-corrected chi connectivity index (χ3v) is 5.18. The third-order valence-electron chi connectivity index (χ3n) is 5.18. The van der Waals surface area contributed by atoms with Crippen LogP contribution in [0.1, 0.15) is 42.4 Å². The first kappa shape index (κ1) is 12.2. The minimum absolute atomic E-state index is 0.622. The fraction of sp³-hybridized carbons (Fsp3) is 0.588. The molecule has 0 saturated carbocycles. The molecule has 0 amide bonds. The molecule has 3 aliphatic rings. The number of nitrogens with zero attached hydrogens (tertiary/aromatic N) is 2. The quantitative estimate of drug-likeness (QED) is 0.849. The Kier molecular flexibility index (Phi) is 2.93. The second-order valence-corrected chi connectivity index (χ2v) is 6.46. The Labute approximate surface area is 120 Å². The minimum atomic E-state index is 0.622. The highest BCUT2D eigenvalue weighted by Gasteiger charge is 2.33. The van der Waals surface area contributed by atoms with Gasteiger partial charge in [0.1, 0.15) is 6.07 Å². The van der Waals surface area contributed by atoms with Crippen LogP contribution in [-0.2, 0) is 12.8 Å². The fourth-order valence-corrected chi connectivity index (χ4v) is 4.20. The molecule has 1 aromatic rings. The Hall–Kier alpha value is -1.53. The van der Waals surface area contributed by atoms with Gasteiger partial charge in [-0.25, -0.2) is 0 Å². The van der Waals surface area contributed by atoms with Crippen LogP contribution in [0.2, 0.25) is 0 Å². The van der Waals surface area contributed by atoms with Gasteiger partial charge in [0.15, 0.2) is 0 Å². The van der Waals surface area contributed by atoms with Gasteiger partial charge in [-0.15, -0.1) is 0 Å².